The fraction of sp³-hybridized carbons (Fsp3) is 0.143. The molecule has 0 aliphatic heterocycles. The fourth-order valence-corrected chi connectivity index (χ4v) is 0.643. The average Bonchev–Trinajstić information content (AvgIpc) is 2.05. The highest BCUT2D eigenvalue weighted by molar-refractivity contribution is 5.34. The summed E-state index contributed by atoms with van der Waals surface area (Å²) in [6.07, 6.45) is 0. The van der Waals surface area contributed by atoms with Gasteiger partial charge in [-0.3, -0.25) is 10.1 Å². The largest absolute Gasteiger partial charge is 0.496 e. The van der Waals surface area contributed by atoms with Crippen molar-refractivity contribution in [2.24, 2.45) is 0 Å². The van der Waals surface area contributed by atoms with Gasteiger partial charge in [0, 0.05) is 18.2 Å². The van der Waals surface area contributed by atoms with E-state index in [0.29, 0.717) is 5.75 Å². The van der Waals surface area contributed by atoms with Crippen molar-refractivity contribution in [2.75, 3.05) is 7.11 Å². The topological polar surface area (TPSA) is 52.4 Å². The number of hydrogen-bond donors (Lipinski definition) is 0. The van der Waals surface area contributed by atoms with Crippen molar-refractivity contribution in [2.45, 2.75) is 0 Å². The molecule has 0 fully saturated rings. The molecule has 0 heterocycles. The van der Waals surface area contributed by atoms with Crippen LogP contribution in [0.3, 0.4) is 0 Å². The van der Waals surface area contributed by atoms with Crippen molar-refractivity contribution in [3.05, 3.63) is 34.4 Å². The van der Waals surface area contributed by atoms with Gasteiger partial charge in [0.25, 0.3) is 5.69 Å². The molecular formula is C7H6NO3. The Labute approximate surface area is 63.6 Å². The Hall–Kier alpha value is -1.58. The van der Waals surface area contributed by atoms with Crippen LogP contribution in [0.2, 0.25) is 0 Å². The molecule has 0 spiro atoms. The summed E-state index contributed by atoms with van der Waals surface area (Å²) in [5, 5.41) is 10.1. The summed E-state index contributed by atoms with van der Waals surface area (Å²) in [5.41, 5.74) is 0.0193. The maximum atomic E-state index is 10.1. The van der Waals surface area contributed by atoms with E-state index in [1.54, 1.807) is 0 Å². The van der Waals surface area contributed by atoms with E-state index < -0.39 is 4.92 Å². The number of nitro groups is 1. The van der Waals surface area contributed by atoms with Gasteiger partial charge in [-0.2, -0.15) is 0 Å². The fourth-order valence-electron chi connectivity index (χ4n) is 0.643. The van der Waals surface area contributed by atoms with E-state index in [0.717, 1.165) is 0 Å². The first-order valence-electron chi connectivity index (χ1n) is 2.94. The van der Waals surface area contributed by atoms with E-state index in [2.05, 4.69) is 6.07 Å². The molecule has 1 aromatic rings. The van der Waals surface area contributed by atoms with Crippen LogP contribution in [0.5, 0.6) is 5.75 Å². The van der Waals surface area contributed by atoms with E-state index >= 15 is 0 Å². The Balaban J connectivity index is 2.91. The van der Waals surface area contributed by atoms with Gasteiger partial charge in [-0.25, -0.2) is 0 Å². The van der Waals surface area contributed by atoms with Crippen LogP contribution in [0.1, 0.15) is 0 Å². The molecule has 0 aliphatic carbocycles. The number of methoxy groups -OCH3 is 1. The van der Waals surface area contributed by atoms with Crippen LogP contribution in [0.4, 0.5) is 5.69 Å². The molecule has 57 valence electrons. The Morgan fingerprint density at radius 1 is 1.64 bits per heavy atom. The normalized spacial score (nSPS) is 9.18. The Kier molecular flexibility index (Phi) is 2.06. The molecule has 1 radical (unpaired) electrons. The third kappa shape index (κ3) is 1.67. The summed E-state index contributed by atoms with van der Waals surface area (Å²) in [7, 11) is 1.48. The van der Waals surface area contributed by atoms with E-state index in [9.17, 15) is 10.1 Å². The number of nitro benzene ring substituents is 1. The second kappa shape index (κ2) is 3.01. The van der Waals surface area contributed by atoms with E-state index in [4.69, 9.17) is 4.74 Å². The highest BCUT2D eigenvalue weighted by Crippen LogP contribution is 2.15. The molecule has 1 rings (SSSR count). The maximum Gasteiger partial charge on any atom is 0.270 e. The number of ether oxygens (including phenoxy) is 1. The lowest BCUT2D eigenvalue weighted by Crippen LogP contribution is -1.88. The first kappa shape index (κ1) is 7.53. The van der Waals surface area contributed by atoms with E-state index in [1.807, 2.05) is 0 Å². The standard InChI is InChI=1S/C7H6NO3/c1-11-7-4-2-6(3-5-7)8(9)10/h2-4H,1H3. The van der Waals surface area contributed by atoms with Gasteiger partial charge in [-0.05, 0) is 6.07 Å². The molecule has 0 N–H and O–H groups in total. The lowest BCUT2D eigenvalue weighted by atomic mass is 10.3. The zero-order valence-electron chi connectivity index (χ0n) is 5.90. The lowest BCUT2D eigenvalue weighted by molar-refractivity contribution is -0.384. The number of rotatable bonds is 2. The van der Waals surface area contributed by atoms with Gasteiger partial charge in [-0.15, -0.1) is 0 Å². The maximum absolute atomic E-state index is 10.1. The summed E-state index contributed by atoms with van der Waals surface area (Å²) in [6, 6.07) is 6.75. The van der Waals surface area contributed by atoms with Crippen molar-refractivity contribution in [3.63, 3.8) is 0 Å². The van der Waals surface area contributed by atoms with Crippen LogP contribution in [0.15, 0.2) is 18.2 Å². The molecule has 0 amide bonds. The minimum absolute atomic E-state index is 0.0193. The summed E-state index contributed by atoms with van der Waals surface area (Å²) < 4.78 is 4.77. The molecule has 4 heteroatoms. The minimum atomic E-state index is -0.476. The smallest absolute Gasteiger partial charge is 0.270 e. The molecule has 4 nitrogen and oxygen atoms in total. The highest BCUT2D eigenvalue weighted by atomic mass is 16.6. The molecule has 0 bridgehead atoms. The van der Waals surface area contributed by atoms with Gasteiger partial charge in [0.2, 0.25) is 0 Å². The van der Waals surface area contributed by atoms with Crippen molar-refractivity contribution in [3.8, 4) is 5.75 Å². The van der Waals surface area contributed by atoms with Crippen LogP contribution in [0, 0.1) is 16.2 Å². The average molecular weight is 152 g/mol. The molecule has 1 aromatic carbocycles. The predicted molar refractivity (Wildman–Crippen MR) is 38.5 cm³/mol. The van der Waals surface area contributed by atoms with Crippen molar-refractivity contribution in [1.29, 1.82) is 0 Å². The van der Waals surface area contributed by atoms with E-state index in [1.165, 1.54) is 25.3 Å². The van der Waals surface area contributed by atoms with Crippen molar-refractivity contribution in [1.82, 2.24) is 0 Å². The Morgan fingerprint density at radius 3 is 2.73 bits per heavy atom. The number of non-ortho nitro benzene ring substituents is 1. The molecule has 0 saturated carbocycles. The Morgan fingerprint density at radius 2 is 2.36 bits per heavy atom. The third-order valence-corrected chi connectivity index (χ3v) is 1.20. The van der Waals surface area contributed by atoms with Crippen LogP contribution in [0.25, 0.3) is 0 Å². The number of benzene rings is 1. The Bertz CT molecular complexity index is 255. The first-order chi connectivity index (χ1) is 5.24. The van der Waals surface area contributed by atoms with Gasteiger partial charge in [-0.1, -0.05) is 0 Å². The van der Waals surface area contributed by atoms with E-state index in [-0.39, 0.29) is 5.69 Å². The SMILES string of the molecule is COc1[c]cc([N+](=O)[O-])cc1. The number of nitrogens with zero attached hydrogens (tertiary/aromatic N) is 1. The second-order valence-electron chi connectivity index (χ2n) is 1.87. The molecular weight excluding hydrogens is 146 g/mol. The van der Waals surface area contributed by atoms with Crippen molar-refractivity contribution >= 4 is 5.69 Å². The first-order valence-corrected chi connectivity index (χ1v) is 2.94. The molecule has 0 atom stereocenters. The number of hydrogen-bond acceptors (Lipinski definition) is 3. The van der Waals surface area contributed by atoms with Crippen LogP contribution < -0.4 is 4.74 Å². The monoisotopic (exact) mass is 152 g/mol. The zero-order valence-corrected chi connectivity index (χ0v) is 5.90. The summed E-state index contributed by atoms with van der Waals surface area (Å²) in [4.78, 5) is 9.67. The molecule has 0 saturated heterocycles. The molecule has 0 aromatic heterocycles. The second-order valence-corrected chi connectivity index (χ2v) is 1.87. The molecule has 0 unspecified atom stereocenters. The molecule has 0 aliphatic rings. The molecule has 11 heavy (non-hydrogen) atoms. The summed E-state index contributed by atoms with van der Waals surface area (Å²) in [6.45, 7) is 0. The minimum Gasteiger partial charge on any atom is -0.496 e. The van der Waals surface area contributed by atoms with Gasteiger partial charge in [0.1, 0.15) is 5.75 Å². The van der Waals surface area contributed by atoms with Gasteiger partial charge in [0.05, 0.1) is 12.0 Å². The summed E-state index contributed by atoms with van der Waals surface area (Å²) in [5.74, 6) is 0.496. The highest BCUT2D eigenvalue weighted by Gasteiger charge is 2.03. The predicted octanol–water partition coefficient (Wildman–Crippen LogP) is 1.40. The van der Waals surface area contributed by atoms with Gasteiger partial charge >= 0.3 is 0 Å². The van der Waals surface area contributed by atoms with Crippen molar-refractivity contribution < 1.29 is 9.66 Å². The van der Waals surface area contributed by atoms with Crippen LogP contribution in [-0.2, 0) is 0 Å². The van der Waals surface area contributed by atoms with Crippen LogP contribution in [-0.4, -0.2) is 12.0 Å². The third-order valence-electron chi connectivity index (χ3n) is 1.20. The zero-order chi connectivity index (χ0) is 8.27. The lowest BCUT2D eigenvalue weighted by Gasteiger charge is -1.95. The summed E-state index contributed by atoms with van der Waals surface area (Å²) >= 11 is 0. The van der Waals surface area contributed by atoms with Crippen LogP contribution >= 0.6 is 0 Å². The quantitative estimate of drug-likeness (QED) is 0.475. The van der Waals surface area contributed by atoms with Gasteiger partial charge in [0.15, 0.2) is 0 Å². The van der Waals surface area contributed by atoms with Gasteiger partial charge < -0.3 is 4.74 Å².